The molecule has 1 aromatic carbocycles. The topological polar surface area (TPSA) is 62.1 Å². The average molecular weight is 204 g/mol. The Morgan fingerprint density at radius 2 is 2.33 bits per heavy atom. The van der Waals surface area contributed by atoms with Crippen LogP contribution in [0.25, 0.3) is 0 Å². The van der Waals surface area contributed by atoms with Crippen molar-refractivity contribution < 1.29 is 9.53 Å². The largest absolute Gasteiger partial charge is 0.468 e. The maximum Gasteiger partial charge on any atom is 0.325 e. The highest BCUT2D eigenvalue weighted by Gasteiger charge is 2.04. The number of nitrogens with one attached hydrogen (secondary N) is 1. The molecule has 0 radical (unpaired) electrons. The molecule has 15 heavy (non-hydrogen) atoms. The van der Waals surface area contributed by atoms with Gasteiger partial charge in [0.05, 0.1) is 18.4 Å². The van der Waals surface area contributed by atoms with Gasteiger partial charge in [-0.1, -0.05) is 6.07 Å². The van der Waals surface area contributed by atoms with E-state index in [4.69, 9.17) is 5.26 Å². The lowest BCUT2D eigenvalue weighted by atomic mass is 10.1. The second-order valence-electron chi connectivity index (χ2n) is 3.09. The Morgan fingerprint density at radius 1 is 1.60 bits per heavy atom. The predicted molar refractivity (Wildman–Crippen MR) is 56.4 cm³/mol. The molecule has 0 aromatic heterocycles. The second-order valence-corrected chi connectivity index (χ2v) is 3.09. The molecular formula is C11H12N2O2. The summed E-state index contributed by atoms with van der Waals surface area (Å²) in [7, 11) is 1.32. The van der Waals surface area contributed by atoms with Crippen molar-refractivity contribution in [3.8, 4) is 6.07 Å². The van der Waals surface area contributed by atoms with Crippen LogP contribution >= 0.6 is 0 Å². The second kappa shape index (κ2) is 5.01. The fourth-order valence-corrected chi connectivity index (χ4v) is 1.14. The third-order valence-electron chi connectivity index (χ3n) is 1.95. The van der Waals surface area contributed by atoms with E-state index in [-0.39, 0.29) is 12.5 Å². The van der Waals surface area contributed by atoms with Crippen LogP contribution < -0.4 is 5.32 Å². The Bertz CT molecular complexity index is 408. The van der Waals surface area contributed by atoms with Crippen molar-refractivity contribution >= 4 is 11.7 Å². The third-order valence-corrected chi connectivity index (χ3v) is 1.95. The zero-order valence-electron chi connectivity index (χ0n) is 8.70. The van der Waals surface area contributed by atoms with E-state index in [1.54, 1.807) is 6.07 Å². The van der Waals surface area contributed by atoms with E-state index in [2.05, 4.69) is 10.1 Å². The van der Waals surface area contributed by atoms with E-state index < -0.39 is 0 Å². The summed E-state index contributed by atoms with van der Waals surface area (Å²) in [6, 6.07) is 7.44. The molecule has 0 bridgehead atoms. The number of esters is 1. The smallest absolute Gasteiger partial charge is 0.325 e. The van der Waals surface area contributed by atoms with Gasteiger partial charge in [0.2, 0.25) is 0 Å². The van der Waals surface area contributed by atoms with Gasteiger partial charge in [0.1, 0.15) is 12.6 Å². The molecule has 0 saturated heterocycles. The van der Waals surface area contributed by atoms with Gasteiger partial charge >= 0.3 is 5.97 Å². The quantitative estimate of drug-likeness (QED) is 0.757. The number of methoxy groups -OCH3 is 1. The first-order valence-electron chi connectivity index (χ1n) is 4.49. The van der Waals surface area contributed by atoms with Gasteiger partial charge in [-0.15, -0.1) is 0 Å². The third kappa shape index (κ3) is 2.99. The molecule has 1 N–H and O–H groups in total. The van der Waals surface area contributed by atoms with E-state index in [1.807, 2.05) is 25.1 Å². The number of hydrogen-bond acceptors (Lipinski definition) is 4. The number of benzene rings is 1. The number of anilines is 1. The molecule has 1 aromatic rings. The summed E-state index contributed by atoms with van der Waals surface area (Å²) in [4.78, 5) is 10.9. The molecule has 0 saturated carbocycles. The number of carbonyl (C=O) groups excluding carboxylic acids is 1. The van der Waals surface area contributed by atoms with E-state index in [0.717, 1.165) is 5.56 Å². The molecule has 0 aliphatic rings. The number of rotatable bonds is 3. The number of ether oxygens (including phenoxy) is 1. The van der Waals surface area contributed by atoms with Crippen LogP contribution in [0, 0.1) is 18.3 Å². The minimum absolute atomic E-state index is 0.0641. The number of nitriles is 1. The Kier molecular flexibility index (Phi) is 3.69. The van der Waals surface area contributed by atoms with Crippen LogP contribution in [0.5, 0.6) is 0 Å². The molecular weight excluding hydrogens is 192 g/mol. The normalized spacial score (nSPS) is 9.13. The van der Waals surface area contributed by atoms with Gasteiger partial charge in [-0.2, -0.15) is 5.26 Å². The van der Waals surface area contributed by atoms with Crippen molar-refractivity contribution in [1.29, 1.82) is 5.26 Å². The van der Waals surface area contributed by atoms with E-state index in [0.29, 0.717) is 11.3 Å². The van der Waals surface area contributed by atoms with Crippen molar-refractivity contribution in [3.05, 3.63) is 29.3 Å². The lowest BCUT2D eigenvalue weighted by molar-refractivity contribution is -0.138. The molecule has 0 atom stereocenters. The lowest BCUT2D eigenvalue weighted by Gasteiger charge is -2.07. The average Bonchev–Trinajstić information content (AvgIpc) is 2.26. The molecule has 0 unspecified atom stereocenters. The molecule has 0 spiro atoms. The molecule has 4 heteroatoms. The fraction of sp³-hybridized carbons (Fsp3) is 0.273. The first-order valence-corrected chi connectivity index (χ1v) is 4.49. The maximum absolute atomic E-state index is 10.9. The molecule has 1 rings (SSSR count). The van der Waals surface area contributed by atoms with Gasteiger partial charge in [0.15, 0.2) is 0 Å². The summed E-state index contributed by atoms with van der Waals surface area (Å²) in [6.45, 7) is 1.99. The summed E-state index contributed by atoms with van der Waals surface area (Å²) in [6.07, 6.45) is 0. The molecule has 0 aliphatic heterocycles. The standard InChI is InChI=1S/C11H12N2O2/c1-8-3-4-9(6-12)10(5-8)13-7-11(14)15-2/h3-5,13H,7H2,1-2H3. The van der Waals surface area contributed by atoms with Crippen LogP contribution in [0.2, 0.25) is 0 Å². The molecule has 4 nitrogen and oxygen atoms in total. The summed E-state index contributed by atoms with van der Waals surface area (Å²) >= 11 is 0. The summed E-state index contributed by atoms with van der Waals surface area (Å²) in [5, 5.41) is 11.7. The Morgan fingerprint density at radius 3 is 2.93 bits per heavy atom. The minimum Gasteiger partial charge on any atom is -0.468 e. The first kappa shape index (κ1) is 11.1. The van der Waals surface area contributed by atoms with E-state index >= 15 is 0 Å². The zero-order valence-corrected chi connectivity index (χ0v) is 8.70. The van der Waals surface area contributed by atoms with Gasteiger partial charge < -0.3 is 10.1 Å². The number of carbonyl (C=O) groups is 1. The SMILES string of the molecule is COC(=O)CNc1cc(C)ccc1C#N. The predicted octanol–water partition coefficient (Wildman–Crippen LogP) is 1.45. The monoisotopic (exact) mass is 204 g/mol. The van der Waals surface area contributed by atoms with E-state index in [1.165, 1.54) is 7.11 Å². The first-order chi connectivity index (χ1) is 7.17. The summed E-state index contributed by atoms with van der Waals surface area (Å²) in [5.41, 5.74) is 2.20. The summed E-state index contributed by atoms with van der Waals surface area (Å²) < 4.78 is 4.49. The van der Waals surface area contributed by atoms with Crippen LogP contribution in [0.4, 0.5) is 5.69 Å². The van der Waals surface area contributed by atoms with Gasteiger partial charge in [-0.05, 0) is 24.6 Å². The van der Waals surface area contributed by atoms with Crippen LogP contribution in [-0.4, -0.2) is 19.6 Å². The molecule has 0 amide bonds. The number of nitrogens with zero attached hydrogens (tertiary/aromatic N) is 1. The number of aryl methyl sites for hydroxylation is 1. The molecule has 78 valence electrons. The van der Waals surface area contributed by atoms with Crippen molar-refractivity contribution in [3.63, 3.8) is 0 Å². The summed E-state index contributed by atoms with van der Waals surface area (Å²) in [5.74, 6) is -0.361. The van der Waals surface area contributed by atoms with Crippen molar-refractivity contribution in [2.45, 2.75) is 6.92 Å². The van der Waals surface area contributed by atoms with E-state index in [9.17, 15) is 4.79 Å². The molecule has 0 aliphatic carbocycles. The highest BCUT2D eigenvalue weighted by atomic mass is 16.5. The van der Waals surface area contributed by atoms with Gasteiger partial charge in [0.25, 0.3) is 0 Å². The Balaban J connectivity index is 2.80. The van der Waals surface area contributed by atoms with Gasteiger partial charge in [-0.3, -0.25) is 4.79 Å². The molecule has 0 fully saturated rings. The zero-order chi connectivity index (χ0) is 11.3. The van der Waals surface area contributed by atoms with Gasteiger partial charge in [-0.25, -0.2) is 0 Å². The maximum atomic E-state index is 10.9. The van der Waals surface area contributed by atoms with Crippen molar-refractivity contribution in [1.82, 2.24) is 0 Å². The minimum atomic E-state index is -0.361. The fourth-order valence-electron chi connectivity index (χ4n) is 1.14. The highest BCUT2D eigenvalue weighted by molar-refractivity contribution is 5.75. The van der Waals surface area contributed by atoms with Gasteiger partial charge in [0, 0.05) is 0 Å². The van der Waals surface area contributed by atoms with Crippen molar-refractivity contribution in [2.75, 3.05) is 19.0 Å². The molecule has 0 heterocycles. The van der Waals surface area contributed by atoms with Crippen LogP contribution in [0.1, 0.15) is 11.1 Å². The lowest BCUT2D eigenvalue weighted by Crippen LogP contribution is -2.15. The van der Waals surface area contributed by atoms with Crippen LogP contribution in [-0.2, 0) is 9.53 Å². The number of hydrogen-bond donors (Lipinski definition) is 1. The van der Waals surface area contributed by atoms with Crippen molar-refractivity contribution in [2.24, 2.45) is 0 Å². The Labute approximate surface area is 88.5 Å². The highest BCUT2D eigenvalue weighted by Crippen LogP contribution is 2.16. The van der Waals surface area contributed by atoms with Crippen LogP contribution in [0.15, 0.2) is 18.2 Å². The Hall–Kier alpha value is -2.02. The van der Waals surface area contributed by atoms with Crippen LogP contribution in [0.3, 0.4) is 0 Å².